The van der Waals surface area contributed by atoms with Crippen LogP contribution in [0.3, 0.4) is 0 Å². The second-order valence-corrected chi connectivity index (χ2v) is 3.30. The van der Waals surface area contributed by atoms with Crippen molar-refractivity contribution in [3.05, 3.63) is 31.7 Å². The lowest BCUT2D eigenvalue weighted by Crippen LogP contribution is -1.75. The van der Waals surface area contributed by atoms with Crippen LogP contribution in [0.2, 0.25) is 0 Å². The van der Waals surface area contributed by atoms with Crippen molar-refractivity contribution >= 4 is 37.7 Å². The predicted octanol–water partition coefficient (Wildman–Crippen LogP) is 3.55. The van der Waals surface area contributed by atoms with E-state index in [-0.39, 0.29) is 0 Å². The molecule has 0 N–H and O–H groups in total. The van der Waals surface area contributed by atoms with E-state index in [2.05, 4.69) is 46.9 Å². The molecule has 0 radical (unpaired) electrons. The van der Waals surface area contributed by atoms with Gasteiger partial charge < -0.3 is 0 Å². The van der Waals surface area contributed by atoms with Gasteiger partial charge in [-0.2, -0.15) is 0 Å². The van der Waals surface area contributed by atoms with Gasteiger partial charge in [-0.15, -0.1) is 0 Å². The van der Waals surface area contributed by atoms with Crippen LogP contribution in [0.15, 0.2) is 26.3 Å². The summed E-state index contributed by atoms with van der Waals surface area (Å²) in [7, 11) is 0. The van der Waals surface area contributed by atoms with Crippen LogP contribution < -0.4 is 0 Å². The average molecular weight is 278 g/mol. The number of azide groups is 1. The number of nitrogens with zero attached hydrogens (tertiary/aromatic N) is 4. The molecule has 0 aliphatic heterocycles. The summed E-state index contributed by atoms with van der Waals surface area (Å²) in [6.07, 6.45) is 0. The van der Waals surface area contributed by atoms with Crippen molar-refractivity contribution in [1.29, 1.82) is 0 Å². The summed E-state index contributed by atoms with van der Waals surface area (Å²) in [5.74, 6) is 0.335. The fraction of sp³-hybridized carbons (Fsp3) is 0. The Morgan fingerprint density at radius 2 is 2.18 bits per heavy atom. The first kappa shape index (κ1) is 8.52. The molecular formula is C5H2Br2N4. The van der Waals surface area contributed by atoms with E-state index in [9.17, 15) is 0 Å². The second kappa shape index (κ2) is 3.71. The van der Waals surface area contributed by atoms with Gasteiger partial charge in [-0.3, -0.25) is 0 Å². The van der Waals surface area contributed by atoms with E-state index < -0.39 is 0 Å². The smallest absolute Gasteiger partial charge is 0.142 e. The van der Waals surface area contributed by atoms with Crippen molar-refractivity contribution in [3.8, 4) is 0 Å². The third-order valence-corrected chi connectivity index (χ3v) is 1.99. The van der Waals surface area contributed by atoms with Crippen LogP contribution in [0.25, 0.3) is 10.4 Å². The Kier molecular flexibility index (Phi) is 2.87. The summed E-state index contributed by atoms with van der Waals surface area (Å²) in [5, 5.41) is 3.36. The van der Waals surface area contributed by atoms with Crippen LogP contribution in [-0.4, -0.2) is 4.98 Å². The molecule has 6 heteroatoms. The lowest BCUT2D eigenvalue weighted by molar-refractivity contribution is 1.21. The molecule has 4 nitrogen and oxygen atoms in total. The molecule has 0 aliphatic rings. The molecule has 0 amide bonds. The highest BCUT2D eigenvalue weighted by atomic mass is 79.9. The molecule has 1 rings (SSSR count). The zero-order valence-electron chi connectivity index (χ0n) is 5.20. The third-order valence-electron chi connectivity index (χ3n) is 0.933. The molecule has 1 aromatic rings. The summed E-state index contributed by atoms with van der Waals surface area (Å²) in [6.45, 7) is 0. The van der Waals surface area contributed by atoms with Gasteiger partial charge in [0, 0.05) is 9.38 Å². The monoisotopic (exact) mass is 276 g/mol. The maximum absolute atomic E-state index is 8.12. The van der Waals surface area contributed by atoms with Crippen LogP contribution in [0, 0.1) is 0 Å². The molecule has 1 aromatic heterocycles. The van der Waals surface area contributed by atoms with Crippen molar-refractivity contribution in [2.24, 2.45) is 5.11 Å². The summed E-state index contributed by atoms with van der Waals surface area (Å²) in [5.41, 5.74) is 8.12. The standard InChI is InChI=1S/C5H2Br2N4/c6-3-1-2-4(7)9-5(3)10-11-8/h1-2H. The van der Waals surface area contributed by atoms with Crippen LogP contribution in [0.4, 0.5) is 5.82 Å². The molecule has 11 heavy (non-hydrogen) atoms. The Bertz CT molecular complexity index is 318. The molecule has 1 heterocycles. The van der Waals surface area contributed by atoms with Gasteiger partial charge in [0.25, 0.3) is 0 Å². The SMILES string of the molecule is [N-]=[N+]=Nc1nc(Br)ccc1Br. The first-order valence-corrected chi connectivity index (χ1v) is 4.20. The molecule has 0 saturated heterocycles. The molecule has 0 spiro atoms. The molecule has 0 aliphatic carbocycles. The molecule has 0 bridgehead atoms. The molecule has 0 aromatic carbocycles. The van der Waals surface area contributed by atoms with Crippen molar-refractivity contribution in [3.63, 3.8) is 0 Å². The normalized spacial score (nSPS) is 8.91. The minimum absolute atomic E-state index is 0.335. The highest BCUT2D eigenvalue weighted by Crippen LogP contribution is 2.24. The van der Waals surface area contributed by atoms with Gasteiger partial charge in [-0.25, -0.2) is 4.98 Å². The minimum Gasteiger partial charge on any atom is -0.238 e. The maximum atomic E-state index is 8.12. The Labute approximate surface area is 79.5 Å². The van der Waals surface area contributed by atoms with Crippen molar-refractivity contribution in [2.75, 3.05) is 0 Å². The number of aromatic nitrogens is 1. The number of hydrogen-bond acceptors (Lipinski definition) is 2. The first-order valence-electron chi connectivity index (χ1n) is 2.61. The minimum atomic E-state index is 0.335. The van der Waals surface area contributed by atoms with Crippen LogP contribution in [0.1, 0.15) is 0 Å². The fourth-order valence-corrected chi connectivity index (χ4v) is 1.12. The van der Waals surface area contributed by atoms with Crippen molar-refractivity contribution in [1.82, 2.24) is 4.98 Å². The van der Waals surface area contributed by atoms with E-state index in [1.54, 1.807) is 12.1 Å². The Morgan fingerprint density at radius 1 is 1.45 bits per heavy atom. The number of rotatable bonds is 1. The zero-order valence-corrected chi connectivity index (χ0v) is 8.37. The molecule has 0 unspecified atom stereocenters. The van der Waals surface area contributed by atoms with E-state index >= 15 is 0 Å². The predicted molar refractivity (Wildman–Crippen MR) is 48.4 cm³/mol. The van der Waals surface area contributed by atoms with Crippen molar-refractivity contribution < 1.29 is 0 Å². The average Bonchev–Trinajstić information content (AvgIpc) is 1.98. The maximum Gasteiger partial charge on any atom is 0.142 e. The zero-order chi connectivity index (χ0) is 8.27. The highest BCUT2D eigenvalue weighted by Gasteiger charge is 1.97. The van der Waals surface area contributed by atoms with Crippen LogP contribution in [-0.2, 0) is 0 Å². The summed E-state index contributed by atoms with van der Waals surface area (Å²) >= 11 is 6.33. The topological polar surface area (TPSA) is 61.7 Å². The molecule has 0 atom stereocenters. The van der Waals surface area contributed by atoms with E-state index in [1.807, 2.05) is 0 Å². The number of halogens is 2. The summed E-state index contributed by atoms with van der Waals surface area (Å²) in [6, 6.07) is 3.50. The molecular weight excluding hydrogens is 276 g/mol. The lowest BCUT2D eigenvalue weighted by atomic mass is 10.5. The lowest BCUT2D eigenvalue weighted by Gasteiger charge is -1.94. The Hall–Kier alpha value is -0.580. The third kappa shape index (κ3) is 2.18. The fourth-order valence-electron chi connectivity index (χ4n) is 0.521. The summed E-state index contributed by atoms with van der Waals surface area (Å²) < 4.78 is 1.32. The van der Waals surface area contributed by atoms with Crippen LogP contribution >= 0.6 is 31.9 Å². The molecule has 0 saturated carbocycles. The van der Waals surface area contributed by atoms with Gasteiger partial charge >= 0.3 is 0 Å². The van der Waals surface area contributed by atoms with Crippen molar-refractivity contribution in [2.45, 2.75) is 0 Å². The largest absolute Gasteiger partial charge is 0.238 e. The first-order chi connectivity index (χ1) is 5.24. The van der Waals surface area contributed by atoms with E-state index in [0.717, 1.165) is 0 Å². The van der Waals surface area contributed by atoms with Gasteiger partial charge in [0.1, 0.15) is 10.4 Å². The number of hydrogen-bond donors (Lipinski definition) is 0. The van der Waals surface area contributed by atoms with E-state index in [0.29, 0.717) is 14.9 Å². The second-order valence-electron chi connectivity index (χ2n) is 1.63. The quantitative estimate of drug-likeness (QED) is 0.335. The van der Waals surface area contributed by atoms with Gasteiger partial charge in [-0.1, -0.05) is 0 Å². The molecule has 0 fully saturated rings. The van der Waals surface area contributed by atoms with Gasteiger partial charge in [0.15, 0.2) is 0 Å². The van der Waals surface area contributed by atoms with Gasteiger partial charge in [-0.05, 0) is 54.6 Å². The Morgan fingerprint density at radius 3 is 2.82 bits per heavy atom. The molecule has 56 valence electrons. The van der Waals surface area contributed by atoms with E-state index in [4.69, 9.17) is 5.53 Å². The Balaban J connectivity index is 3.22. The van der Waals surface area contributed by atoms with E-state index in [1.165, 1.54) is 0 Å². The number of pyridine rings is 1. The van der Waals surface area contributed by atoms with Crippen LogP contribution in [0.5, 0.6) is 0 Å². The highest BCUT2D eigenvalue weighted by molar-refractivity contribution is 9.11. The van der Waals surface area contributed by atoms with Gasteiger partial charge in [0.2, 0.25) is 0 Å². The summed E-state index contributed by atoms with van der Waals surface area (Å²) in [4.78, 5) is 6.53. The van der Waals surface area contributed by atoms with Gasteiger partial charge in [0.05, 0.1) is 0 Å².